The van der Waals surface area contributed by atoms with Crippen molar-refractivity contribution in [2.75, 3.05) is 56.6 Å². The summed E-state index contributed by atoms with van der Waals surface area (Å²) in [5.41, 5.74) is 5.31. The smallest absolute Gasteiger partial charge is 0.251 e. The number of amides is 1. The Hall–Kier alpha value is -3.38. The molecule has 0 aliphatic carbocycles. The Labute approximate surface area is 220 Å². The normalized spacial score (nSPS) is 15.4. The van der Waals surface area contributed by atoms with Crippen LogP contribution in [0.4, 0.5) is 15.8 Å². The van der Waals surface area contributed by atoms with Crippen LogP contribution in [0.3, 0.4) is 0 Å². The molecule has 1 fully saturated rings. The first-order valence-corrected chi connectivity index (χ1v) is 13.0. The van der Waals surface area contributed by atoms with Crippen LogP contribution in [0.15, 0.2) is 72.8 Å². The van der Waals surface area contributed by atoms with Crippen molar-refractivity contribution in [1.29, 1.82) is 0 Å². The maximum Gasteiger partial charge on any atom is 0.251 e. The van der Waals surface area contributed by atoms with Gasteiger partial charge in [0.1, 0.15) is 5.82 Å². The van der Waals surface area contributed by atoms with Gasteiger partial charge in [0.15, 0.2) is 0 Å². The van der Waals surface area contributed by atoms with Crippen molar-refractivity contribution in [3.05, 3.63) is 95.3 Å². The highest BCUT2D eigenvalue weighted by Crippen LogP contribution is 2.26. The molecule has 6 heteroatoms. The fraction of sp³-hybridized carbons (Fsp3) is 0.387. The monoisotopic (exact) mass is 502 g/mol. The Morgan fingerprint density at radius 1 is 0.892 bits per heavy atom. The summed E-state index contributed by atoms with van der Waals surface area (Å²) in [4.78, 5) is 19.9. The van der Waals surface area contributed by atoms with Crippen LogP contribution >= 0.6 is 0 Å². The fourth-order valence-corrected chi connectivity index (χ4v) is 4.81. The highest BCUT2D eigenvalue weighted by Gasteiger charge is 2.26. The second-order valence-electron chi connectivity index (χ2n) is 11.0. The number of benzene rings is 3. The van der Waals surface area contributed by atoms with E-state index < -0.39 is 0 Å². The number of nitrogens with one attached hydrogen (secondary N) is 1. The van der Waals surface area contributed by atoms with E-state index in [1.54, 1.807) is 0 Å². The summed E-state index contributed by atoms with van der Waals surface area (Å²) >= 11 is 0. The van der Waals surface area contributed by atoms with Gasteiger partial charge in [0.25, 0.3) is 5.91 Å². The van der Waals surface area contributed by atoms with Gasteiger partial charge in [0.05, 0.1) is 6.04 Å². The van der Waals surface area contributed by atoms with Crippen LogP contribution in [-0.2, 0) is 5.41 Å². The van der Waals surface area contributed by atoms with Gasteiger partial charge >= 0.3 is 0 Å². The Morgan fingerprint density at radius 2 is 1.49 bits per heavy atom. The number of rotatable bonds is 7. The zero-order valence-electron chi connectivity index (χ0n) is 22.7. The van der Waals surface area contributed by atoms with Gasteiger partial charge in [-0.15, -0.1) is 0 Å². The molecule has 0 bridgehead atoms. The average Bonchev–Trinajstić information content (AvgIpc) is 2.89. The van der Waals surface area contributed by atoms with E-state index in [9.17, 15) is 9.18 Å². The van der Waals surface area contributed by atoms with Gasteiger partial charge < -0.3 is 15.1 Å². The summed E-state index contributed by atoms with van der Waals surface area (Å²) in [6, 6.07) is 23.3. The maximum atomic E-state index is 13.4. The van der Waals surface area contributed by atoms with E-state index >= 15 is 0 Å². The van der Waals surface area contributed by atoms with E-state index in [0.717, 1.165) is 37.6 Å². The molecule has 1 N–H and O–H groups in total. The molecule has 5 nitrogen and oxygen atoms in total. The predicted molar refractivity (Wildman–Crippen MR) is 151 cm³/mol. The summed E-state index contributed by atoms with van der Waals surface area (Å²) in [6.45, 7) is 10.4. The first-order valence-electron chi connectivity index (χ1n) is 13.0. The first kappa shape index (κ1) is 26.7. The number of piperazine rings is 1. The Balaban J connectivity index is 1.47. The van der Waals surface area contributed by atoms with E-state index in [4.69, 9.17) is 0 Å². The second-order valence-corrected chi connectivity index (χ2v) is 11.0. The quantitative estimate of drug-likeness (QED) is 0.464. The Bertz CT molecular complexity index is 1160. The van der Waals surface area contributed by atoms with Crippen LogP contribution in [0.2, 0.25) is 0 Å². The molecular formula is C31H39FN4O. The van der Waals surface area contributed by atoms with Gasteiger partial charge in [-0.25, -0.2) is 4.39 Å². The largest absolute Gasteiger partial charge is 0.378 e. The third-order valence-electron chi connectivity index (χ3n) is 7.21. The van der Waals surface area contributed by atoms with Crippen LogP contribution in [-0.4, -0.2) is 57.6 Å². The van der Waals surface area contributed by atoms with Crippen LogP contribution in [0, 0.1) is 5.82 Å². The number of carbonyl (C=O) groups is 1. The summed E-state index contributed by atoms with van der Waals surface area (Å²) in [7, 11) is 4.07. The topological polar surface area (TPSA) is 38.8 Å². The van der Waals surface area contributed by atoms with E-state index in [-0.39, 0.29) is 23.2 Å². The molecule has 3 aromatic rings. The van der Waals surface area contributed by atoms with Gasteiger partial charge in [-0.3, -0.25) is 9.69 Å². The third-order valence-corrected chi connectivity index (χ3v) is 7.21. The van der Waals surface area contributed by atoms with Gasteiger partial charge in [-0.1, -0.05) is 45.0 Å². The number of anilines is 2. The van der Waals surface area contributed by atoms with Crippen LogP contribution in [0.1, 0.15) is 48.3 Å². The maximum absolute atomic E-state index is 13.4. The Morgan fingerprint density at radius 3 is 2.03 bits per heavy atom. The molecule has 0 saturated carbocycles. The number of hydrogen-bond donors (Lipinski definition) is 1. The van der Waals surface area contributed by atoms with Gasteiger partial charge in [0, 0.05) is 63.8 Å². The molecule has 0 aromatic heterocycles. The fourth-order valence-electron chi connectivity index (χ4n) is 4.81. The second kappa shape index (κ2) is 11.3. The van der Waals surface area contributed by atoms with Crippen molar-refractivity contribution in [3.63, 3.8) is 0 Å². The van der Waals surface area contributed by atoms with E-state index in [1.807, 2.05) is 50.5 Å². The summed E-state index contributed by atoms with van der Waals surface area (Å²) < 4.78 is 13.4. The first-order chi connectivity index (χ1) is 17.6. The van der Waals surface area contributed by atoms with Crippen molar-refractivity contribution in [1.82, 2.24) is 10.2 Å². The van der Waals surface area contributed by atoms with Crippen molar-refractivity contribution in [3.8, 4) is 0 Å². The lowest BCUT2D eigenvalue weighted by atomic mass is 9.87. The highest BCUT2D eigenvalue weighted by molar-refractivity contribution is 5.94. The SMILES string of the molecule is CN(C)c1ccc(C(CNC(=O)c2ccc(C(C)(C)C)cc2)N2CCN(c3ccc(F)cc3)CC2)cc1. The molecule has 37 heavy (non-hydrogen) atoms. The minimum atomic E-state index is -0.215. The third kappa shape index (κ3) is 6.69. The van der Waals surface area contributed by atoms with Gasteiger partial charge in [-0.05, 0) is 65.1 Å². The van der Waals surface area contributed by atoms with Crippen LogP contribution < -0.4 is 15.1 Å². The van der Waals surface area contributed by atoms with E-state index in [0.29, 0.717) is 12.1 Å². The zero-order valence-corrected chi connectivity index (χ0v) is 22.7. The minimum absolute atomic E-state index is 0.0505. The standard InChI is InChI=1S/C31H39FN4O/c1-31(2,3)25-10-6-24(7-11-25)30(37)33-22-29(23-8-14-27(15-9-23)34(4)5)36-20-18-35(19-21-36)28-16-12-26(32)13-17-28/h6-17,29H,18-22H2,1-5H3,(H,33,37). The van der Waals surface area contributed by atoms with Gasteiger partial charge in [-0.2, -0.15) is 0 Å². The van der Waals surface area contributed by atoms with Gasteiger partial charge in [0.2, 0.25) is 0 Å². The van der Waals surface area contributed by atoms with Crippen LogP contribution in [0.5, 0.6) is 0 Å². The molecule has 1 saturated heterocycles. The Kier molecular flexibility index (Phi) is 8.18. The molecule has 1 amide bonds. The van der Waals surface area contributed by atoms with E-state index in [1.165, 1.54) is 23.3 Å². The number of nitrogens with zero attached hydrogens (tertiary/aromatic N) is 3. The molecule has 1 atom stereocenters. The molecule has 0 spiro atoms. The summed E-state index contributed by atoms with van der Waals surface area (Å²) in [5, 5.41) is 3.19. The average molecular weight is 503 g/mol. The van der Waals surface area contributed by atoms with Crippen LogP contribution in [0.25, 0.3) is 0 Å². The molecule has 3 aromatic carbocycles. The molecule has 196 valence electrons. The van der Waals surface area contributed by atoms with Crippen molar-refractivity contribution in [2.45, 2.75) is 32.2 Å². The molecule has 1 unspecified atom stereocenters. The molecular weight excluding hydrogens is 463 g/mol. The minimum Gasteiger partial charge on any atom is -0.378 e. The molecule has 1 aliphatic heterocycles. The lowest BCUT2D eigenvalue weighted by Crippen LogP contribution is -2.50. The molecule has 0 radical (unpaired) electrons. The number of carbonyl (C=O) groups excluding carboxylic acids is 1. The molecule has 1 heterocycles. The van der Waals surface area contributed by atoms with Crippen molar-refractivity contribution >= 4 is 17.3 Å². The van der Waals surface area contributed by atoms with Crippen molar-refractivity contribution in [2.24, 2.45) is 0 Å². The summed E-state index contributed by atoms with van der Waals surface area (Å²) in [5.74, 6) is -0.271. The lowest BCUT2D eigenvalue weighted by Gasteiger charge is -2.40. The molecule has 4 rings (SSSR count). The summed E-state index contributed by atoms with van der Waals surface area (Å²) in [6.07, 6.45) is 0. The highest BCUT2D eigenvalue weighted by atomic mass is 19.1. The van der Waals surface area contributed by atoms with Crippen molar-refractivity contribution < 1.29 is 9.18 Å². The number of halogens is 1. The van der Waals surface area contributed by atoms with E-state index in [2.05, 4.69) is 65.1 Å². The zero-order chi connectivity index (χ0) is 26.6. The lowest BCUT2D eigenvalue weighted by molar-refractivity contribution is 0.0930. The predicted octanol–water partition coefficient (Wildman–Crippen LogP) is 5.48. The number of hydrogen-bond acceptors (Lipinski definition) is 4. The molecule has 1 aliphatic rings.